The Morgan fingerprint density at radius 2 is 1.68 bits per heavy atom. The number of nitrogens with zero attached hydrogens (tertiary/aromatic N) is 3. The Labute approximate surface area is 220 Å². The van der Waals surface area contributed by atoms with E-state index in [1.54, 1.807) is 30.5 Å². The molecule has 0 spiro atoms. The molecule has 5 nitrogen and oxygen atoms in total. The number of para-hydroxylation sites is 1. The normalized spacial score (nSPS) is 11.1. The van der Waals surface area contributed by atoms with Crippen molar-refractivity contribution < 1.29 is 9.13 Å². The van der Waals surface area contributed by atoms with Crippen LogP contribution < -0.4 is 10.3 Å². The molecule has 0 N–H and O–H groups in total. The van der Waals surface area contributed by atoms with Crippen LogP contribution in [0.15, 0.2) is 108 Å². The molecule has 5 rings (SSSR count). The van der Waals surface area contributed by atoms with E-state index in [2.05, 4.69) is 10.1 Å². The molecule has 0 amide bonds. The molecule has 2 aromatic heterocycles. The zero-order valence-corrected chi connectivity index (χ0v) is 20.9. The van der Waals surface area contributed by atoms with E-state index in [4.69, 9.17) is 4.74 Å². The summed E-state index contributed by atoms with van der Waals surface area (Å²) >= 11 is 0. The Hall–Kier alpha value is -4.84. The van der Waals surface area contributed by atoms with Crippen molar-refractivity contribution in [3.8, 4) is 16.9 Å². The van der Waals surface area contributed by atoms with Gasteiger partial charge in [-0.15, -0.1) is 0 Å². The van der Waals surface area contributed by atoms with E-state index in [0.717, 1.165) is 16.8 Å². The summed E-state index contributed by atoms with van der Waals surface area (Å²) in [7, 11) is 0. The first-order chi connectivity index (χ1) is 18.6. The fourth-order valence-corrected chi connectivity index (χ4v) is 4.29. The van der Waals surface area contributed by atoms with Crippen LogP contribution in [0, 0.1) is 12.7 Å². The molecule has 0 radical (unpaired) electrons. The van der Waals surface area contributed by atoms with Crippen LogP contribution in [0.3, 0.4) is 0 Å². The molecule has 0 aliphatic rings. The molecule has 3 aromatic carbocycles. The van der Waals surface area contributed by atoms with Crippen molar-refractivity contribution in [2.24, 2.45) is 0 Å². The minimum Gasteiger partial charge on any atom is -0.488 e. The number of hydrogen-bond acceptors (Lipinski definition) is 4. The van der Waals surface area contributed by atoms with Gasteiger partial charge < -0.3 is 4.74 Å². The lowest BCUT2D eigenvalue weighted by Crippen LogP contribution is -2.27. The zero-order chi connectivity index (χ0) is 26.3. The lowest BCUT2D eigenvalue weighted by atomic mass is 9.97. The van der Waals surface area contributed by atoms with E-state index in [1.165, 1.54) is 16.8 Å². The molecule has 0 aliphatic carbocycles. The number of aromatic nitrogens is 3. The maximum atomic E-state index is 13.8. The Morgan fingerprint density at radius 1 is 0.895 bits per heavy atom. The monoisotopic (exact) mass is 503 g/mol. The third-order valence-corrected chi connectivity index (χ3v) is 6.09. The summed E-state index contributed by atoms with van der Waals surface area (Å²) in [4.78, 5) is 18.2. The summed E-state index contributed by atoms with van der Waals surface area (Å²) in [5.74, 6) is 0.300. The van der Waals surface area contributed by atoms with Crippen LogP contribution in [0.5, 0.6) is 5.75 Å². The van der Waals surface area contributed by atoms with Crippen molar-refractivity contribution in [1.29, 1.82) is 0 Å². The maximum absolute atomic E-state index is 13.8. The Morgan fingerprint density at radius 3 is 2.47 bits per heavy atom. The topological polar surface area (TPSA) is 57.0 Å². The summed E-state index contributed by atoms with van der Waals surface area (Å²) in [5.41, 5.74) is 4.66. The molecule has 0 saturated heterocycles. The molecule has 0 saturated carbocycles. The summed E-state index contributed by atoms with van der Waals surface area (Å²) < 4.78 is 21.5. The van der Waals surface area contributed by atoms with Crippen molar-refractivity contribution >= 4 is 12.2 Å². The first-order valence-electron chi connectivity index (χ1n) is 12.3. The van der Waals surface area contributed by atoms with Crippen LogP contribution in [0.2, 0.25) is 0 Å². The largest absolute Gasteiger partial charge is 0.488 e. The van der Waals surface area contributed by atoms with Gasteiger partial charge in [0.1, 0.15) is 18.2 Å². The highest BCUT2D eigenvalue weighted by molar-refractivity contribution is 5.84. The molecule has 38 heavy (non-hydrogen) atoms. The zero-order valence-electron chi connectivity index (χ0n) is 20.9. The van der Waals surface area contributed by atoms with Gasteiger partial charge in [-0.2, -0.15) is 5.10 Å². The van der Waals surface area contributed by atoms with Crippen LogP contribution in [-0.2, 0) is 13.2 Å². The van der Waals surface area contributed by atoms with Gasteiger partial charge in [-0.1, -0.05) is 72.8 Å². The summed E-state index contributed by atoms with van der Waals surface area (Å²) in [5, 5.41) is 4.65. The minimum atomic E-state index is -0.342. The van der Waals surface area contributed by atoms with Crippen molar-refractivity contribution in [3.05, 3.63) is 148 Å². The Balaban J connectivity index is 1.61. The molecule has 0 fully saturated rings. The smallest absolute Gasteiger partial charge is 0.275 e. The van der Waals surface area contributed by atoms with Crippen LogP contribution in [0.1, 0.15) is 28.1 Å². The van der Waals surface area contributed by atoms with E-state index in [9.17, 15) is 9.18 Å². The lowest BCUT2D eigenvalue weighted by molar-refractivity contribution is 0.307. The number of rotatable bonds is 8. The van der Waals surface area contributed by atoms with E-state index >= 15 is 0 Å². The second-order valence-corrected chi connectivity index (χ2v) is 8.82. The van der Waals surface area contributed by atoms with Gasteiger partial charge in [-0.3, -0.25) is 9.78 Å². The quantitative estimate of drug-likeness (QED) is 0.241. The molecule has 0 aliphatic heterocycles. The molecular weight excluding hydrogens is 477 g/mol. The van der Waals surface area contributed by atoms with Crippen molar-refractivity contribution in [2.45, 2.75) is 20.1 Å². The van der Waals surface area contributed by atoms with Crippen LogP contribution in [-0.4, -0.2) is 14.8 Å². The van der Waals surface area contributed by atoms with E-state index in [0.29, 0.717) is 34.7 Å². The molecule has 188 valence electrons. The van der Waals surface area contributed by atoms with Gasteiger partial charge >= 0.3 is 0 Å². The van der Waals surface area contributed by atoms with Crippen molar-refractivity contribution in [3.63, 3.8) is 0 Å². The fourth-order valence-electron chi connectivity index (χ4n) is 4.29. The minimum absolute atomic E-state index is 0.230. The Kier molecular flexibility index (Phi) is 7.50. The van der Waals surface area contributed by atoms with E-state index in [1.807, 2.05) is 79.7 Å². The summed E-state index contributed by atoms with van der Waals surface area (Å²) in [6.45, 7) is 2.49. The van der Waals surface area contributed by atoms with Crippen molar-refractivity contribution in [2.75, 3.05) is 0 Å². The molecule has 5 aromatic rings. The fraction of sp³-hybridized carbons (Fsp3) is 0.0938. The highest BCUT2D eigenvalue weighted by Crippen LogP contribution is 2.34. The second kappa shape index (κ2) is 11.5. The van der Waals surface area contributed by atoms with Crippen LogP contribution in [0.25, 0.3) is 23.3 Å². The summed E-state index contributed by atoms with van der Waals surface area (Å²) in [6.07, 6.45) is 5.15. The second-order valence-electron chi connectivity index (χ2n) is 8.82. The number of benzene rings is 3. The standard InChI is InChI=1S/C32H26FN3O2/c1-23-31(28-15-5-6-16-30(28)38-22-25-10-3-2-4-11-25)29(18-17-24-12-9-13-26(33)20-24)32(37)36(35-23)21-27-14-7-8-19-34-27/h2-20H,21-22H2,1H3. The van der Waals surface area contributed by atoms with Crippen LogP contribution in [0.4, 0.5) is 4.39 Å². The van der Waals surface area contributed by atoms with Gasteiger partial charge in [0.05, 0.1) is 23.5 Å². The average molecular weight is 504 g/mol. The van der Waals surface area contributed by atoms with Gasteiger partial charge in [-0.05, 0) is 54.5 Å². The molecule has 0 bridgehead atoms. The molecule has 6 heteroatoms. The van der Waals surface area contributed by atoms with Gasteiger partial charge in [0.25, 0.3) is 5.56 Å². The predicted octanol–water partition coefficient (Wildman–Crippen LogP) is 6.55. The maximum Gasteiger partial charge on any atom is 0.275 e. The number of pyridine rings is 1. The third kappa shape index (κ3) is 5.76. The molecule has 0 atom stereocenters. The molecular formula is C32H26FN3O2. The van der Waals surface area contributed by atoms with Crippen molar-refractivity contribution in [1.82, 2.24) is 14.8 Å². The highest BCUT2D eigenvalue weighted by atomic mass is 19.1. The summed E-state index contributed by atoms with van der Waals surface area (Å²) in [6, 6.07) is 29.3. The SMILES string of the molecule is Cc1nn(Cc2ccccn2)c(=O)c(C=Cc2cccc(F)c2)c1-c1ccccc1OCc1ccccc1. The molecule has 2 heterocycles. The number of hydrogen-bond donors (Lipinski definition) is 0. The first kappa shape index (κ1) is 24.8. The van der Waals surface area contributed by atoms with Crippen LogP contribution >= 0.6 is 0 Å². The third-order valence-electron chi connectivity index (χ3n) is 6.09. The number of aryl methyl sites for hydroxylation is 1. The lowest BCUT2D eigenvalue weighted by Gasteiger charge is -2.17. The number of ether oxygens (including phenoxy) is 1. The number of halogens is 1. The first-order valence-corrected chi connectivity index (χ1v) is 12.3. The predicted molar refractivity (Wildman–Crippen MR) is 148 cm³/mol. The van der Waals surface area contributed by atoms with Gasteiger partial charge in [0.2, 0.25) is 0 Å². The molecule has 0 unspecified atom stereocenters. The van der Waals surface area contributed by atoms with E-state index in [-0.39, 0.29) is 17.9 Å². The Bertz CT molecular complexity index is 1630. The van der Waals surface area contributed by atoms with Gasteiger partial charge in [-0.25, -0.2) is 9.07 Å². The van der Waals surface area contributed by atoms with E-state index < -0.39 is 0 Å². The van der Waals surface area contributed by atoms with Gasteiger partial charge in [0.15, 0.2) is 0 Å². The average Bonchev–Trinajstić information content (AvgIpc) is 2.94. The highest BCUT2D eigenvalue weighted by Gasteiger charge is 2.19. The van der Waals surface area contributed by atoms with Gasteiger partial charge in [0, 0.05) is 17.3 Å².